The molecule has 0 aliphatic heterocycles. The Labute approximate surface area is 210 Å². The molecule has 2 aromatic rings. The van der Waals surface area contributed by atoms with E-state index in [2.05, 4.69) is 42.9 Å². The lowest BCUT2D eigenvalue weighted by molar-refractivity contribution is 0.294. The molecule has 0 saturated carbocycles. The van der Waals surface area contributed by atoms with Gasteiger partial charge in [-0.2, -0.15) is 0 Å². The molecule has 3 heteroatoms. The highest BCUT2D eigenvalue weighted by Gasteiger charge is 2.04. The SMILES string of the molecule is CCCCCCCCCCCCCCc1cnc(-c2ccc(OCCC[C@@H](C)CC)cc2)nc1. The summed E-state index contributed by atoms with van der Waals surface area (Å²) in [5, 5.41) is 0. The normalized spacial score (nSPS) is 12.1. The van der Waals surface area contributed by atoms with Crippen molar-refractivity contribution in [3.05, 3.63) is 42.2 Å². The van der Waals surface area contributed by atoms with Crippen LogP contribution in [0.5, 0.6) is 5.75 Å². The van der Waals surface area contributed by atoms with Crippen molar-refractivity contribution >= 4 is 0 Å². The number of hydrogen-bond acceptors (Lipinski definition) is 3. The van der Waals surface area contributed by atoms with Crippen molar-refractivity contribution < 1.29 is 4.74 Å². The second kappa shape index (κ2) is 18.4. The number of hydrogen-bond donors (Lipinski definition) is 0. The third-order valence-corrected chi connectivity index (χ3v) is 6.94. The first-order chi connectivity index (χ1) is 16.7. The zero-order chi connectivity index (χ0) is 24.3. The monoisotopic (exact) mass is 466 g/mol. The molecule has 1 aromatic carbocycles. The lowest BCUT2D eigenvalue weighted by Crippen LogP contribution is -2.01. The summed E-state index contributed by atoms with van der Waals surface area (Å²) >= 11 is 0. The van der Waals surface area contributed by atoms with Crippen molar-refractivity contribution in [2.24, 2.45) is 5.92 Å². The summed E-state index contributed by atoms with van der Waals surface area (Å²) in [4.78, 5) is 9.21. The fourth-order valence-corrected chi connectivity index (χ4v) is 4.33. The van der Waals surface area contributed by atoms with E-state index in [1.54, 1.807) is 0 Å². The van der Waals surface area contributed by atoms with E-state index in [4.69, 9.17) is 4.74 Å². The molecule has 0 spiro atoms. The summed E-state index contributed by atoms with van der Waals surface area (Å²) < 4.78 is 5.88. The average molecular weight is 467 g/mol. The number of ether oxygens (including phenoxy) is 1. The summed E-state index contributed by atoms with van der Waals surface area (Å²) in [6, 6.07) is 8.18. The van der Waals surface area contributed by atoms with Crippen LogP contribution in [0.25, 0.3) is 11.4 Å². The van der Waals surface area contributed by atoms with Crippen LogP contribution in [0.2, 0.25) is 0 Å². The predicted octanol–water partition coefficient (Wildman–Crippen LogP) is 9.59. The van der Waals surface area contributed by atoms with Crippen LogP contribution >= 0.6 is 0 Å². The molecule has 2 rings (SSSR count). The highest BCUT2D eigenvalue weighted by Crippen LogP contribution is 2.20. The maximum atomic E-state index is 5.88. The fourth-order valence-electron chi connectivity index (χ4n) is 4.33. The van der Waals surface area contributed by atoms with Crippen LogP contribution in [0.3, 0.4) is 0 Å². The largest absolute Gasteiger partial charge is 0.494 e. The lowest BCUT2D eigenvalue weighted by atomic mass is 10.0. The first-order valence-corrected chi connectivity index (χ1v) is 14.3. The number of rotatable bonds is 20. The summed E-state index contributed by atoms with van der Waals surface area (Å²) in [5.41, 5.74) is 2.29. The zero-order valence-corrected chi connectivity index (χ0v) is 22.4. The fraction of sp³-hybridized carbons (Fsp3) is 0.677. The van der Waals surface area contributed by atoms with Gasteiger partial charge < -0.3 is 4.74 Å². The van der Waals surface area contributed by atoms with Crippen LogP contribution in [0.15, 0.2) is 36.7 Å². The Morgan fingerprint density at radius 2 is 1.26 bits per heavy atom. The van der Waals surface area contributed by atoms with E-state index >= 15 is 0 Å². The minimum Gasteiger partial charge on any atom is -0.494 e. The minimum atomic E-state index is 0.783. The smallest absolute Gasteiger partial charge is 0.159 e. The Balaban J connectivity index is 1.56. The van der Waals surface area contributed by atoms with Gasteiger partial charge in [-0.05, 0) is 61.4 Å². The molecule has 0 radical (unpaired) electrons. The topological polar surface area (TPSA) is 35.0 Å². The van der Waals surface area contributed by atoms with Crippen LogP contribution in [0.4, 0.5) is 0 Å². The lowest BCUT2D eigenvalue weighted by Gasteiger charge is -2.10. The summed E-state index contributed by atoms with van der Waals surface area (Å²) in [6.07, 6.45) is 25.3. The Kier molecular flexibility index (Phi) is 15.4. The first kappa shape index (κ1) is 28.3. The molecule has 0 amide bonds. The Hall–Kier alpha value is -1.90. The minimum absolute atomic E-state index is 0.783. The van der Waals surface area contributed by atoms with E-state index in [0.29, 0.717) is 0 Å². The molecule has 0 saturated heterocycles. The van der Waals surface area contributed by atoms with E-state index in [-0.39, 0.29) is 0 Å². The Morgan fingerprint density at radius 3 is 1.82 bits per heavy atom. The molecular weight excluding hydrogens is 416 g/mol. The van der Waals surface area contributed by atoms with E-state index in [1.165, 1.54) is 95.5 Å². The number of nitrogens with zero attached hydrogens (tertiary/aromatic N) is 2. The van der Waals surface area contributed by atoms with Gasteiger partial charge in [0.1, 0.15) is 5.75 Å². The van der Waals surface area contributed by atoms with Crippen molar-refractivity contribution in [2.75, 3.05) is 6.61 Å². The van der Waals surface area contributed by atoms with Gasteiger partial charge in [-0.3, -0.25) is 0 Å². The molecule has 0 aliphatic carbocycles. The molecular formula is C31H50N2O. The highest BCUT2D eigenvalue weighted by atomic mass is 16.5. The molecule has 0 aliphatic rings. The molecule has 1 atom stereocenters. The van der Waals surface area contributed by atoms with E-state index in [0.717, 1.165) is 42.5 Å². The Morgan fingerprint density at radius 1 is 0.706 bits per heavy atom. The van der Waals surface area contributed by atoms with Crippen LogP contribution in [-0.4, -0.2) is 16.6 Å². The van der Waals surface area contributed by atoms with Crippen molar-refractivity contribution in [3.63, 3.8) is 0 Å². The number of unbranched alkanes of at least 4 members (excludes halogenated alkanes) is 11. The third kappa shape index (κ3) is 12.5. The van der Waals surface area contributed by atoms with Gasteiger partial charge in [-0.1, -0.05) is 97.8 Å². The molecule has 1 heterocycles. The van der Waals surface area contributed by atoms with Crippen molar-refractivity contribution in [1.82, 2.24) is 9.97 Å². The maximum Gasteiger partial charge on any atom is 0.159 e. The number of benzene rings is 1. The first-order valence-electron chi connectivity index (χ1n) is 14.3. The van der Waals surface area contributed by atoms with E-state index in [9.17, 15) is 0 Å². The van der Waals surface area contributed by atoms with Gasteiger partial charge in [0, 0.05) is 18.0 Å². The van der Waals surface area contributed by atoms with Gasteiger partial charge in [0.15, 0.2) is 5.82 Å². The van der Waals surface area contributed by atoms with Crippen LogP contribution in [0, 0.1) is 5.92 Å². The highest BCUT2D eigenvalue weighted by molar-refractivity contribution is 5.55. The molecule has 0 N–H and O–H groups in total. The second-order valence-corrected chi connectivity index (χ2v) is 10.1. The third-order valence-electron chi connectivity index (χ3n) is 6.94. The van der Waals surface area contributed by atoms with E-state index in [1.807, 2.05) is 24.5 Å². The van der Waals surface area contributed by atoms with Crippen LogP contribution in [0.1, 0.15) is 123 Å². The average Bonchev–Trinajstić information content (AvgIpc) is 2.88. The Bertz CT molecular complexity index is 726. The second-order valence-electron chi connectivity index (χ2n) is 10.1. The molecule has 34 heavy (non-hydrogen) atoms. The van der Waals surface area contributed by atoms with Crippen molar-refractivity contribution in [1.29, 1.82) is 0 Å². The number of aryl methyl sites for hydroxylation is 1. The maximum absolute atomic E-state index is 5.88. The van der Waals surface area contributed by atoms with Gasteiger partial charge in [-0.15, -0.1) is 0 Å². The van der Waals surface area contributed by atoms with Gasteiger partial charge in [0.2, 0.25) is 0 Å². The van der Waals surface area contributed by atoms with Gasteiger partial charge in [0.05, 0.1) is 6.61 Å². The predicted molar refractivity (Wildman–Crippen MR) is 146 cm³/mol. The van der Waals surface area contributed by atoms with Crippen molar-refractivity contribution in [3.8, 4) is 17.1 Å². The quantitative estimate of drug-likeness (QED) is 0.182. The van der Waals surface area contributed by atoms with Gasteiger partial charge in [-0.25, -0.2) is 9.97 Å². The molecule has 3 nitrogen and oxygen atoms in total. The molecule has 0 fully saturated rings. The number of aromatic nitrogens is 2. The molecule has 0 unspecified atom stereocenters. The summed E-state index contributed by atoms with van der Waals surface area (Å²) in [7, 11) is 0. The molecule has 190 valence electrons. The van der Waals surface area contributed by atoms with Gasteiger partial charge >= 0.3 is 0 Å². The summed E-state index contributed by atoms with van der Waals surface area (Å²) in [6.45, 7) is 7.62. The standard InChI is InChI=1S/C31H50N2O/c1-4-6-7-8-9-10-11-12-13-14-15-16-19-28-25-32-31(33-26-28)29-20-22-30(23-21-29)34-24-17-18-27(3)5-2/h20-23,25-27H,4-19,24H2,1-3H3/t27-/m0/s1. The van der Waals surface area contributed by atoms with Crippen LogP contribution < -0.4 is 4.74 Å². The van der Waals surface area contributed by atoms with Gasteiger partial charge in [0.25, 0.3) is 0 Å². The van der Waals surface area contributed by atoms with Crippen LogP contribution in [-0.2, 0) is 6.42 Å². The summed E-state index contributed by atoms with van der Waals surface area (Å²) in [5.74, 6) is 2.50. The molecule has 0 bridgehead atoms. The molecule has 1 aromatic heterocycles. The zero-order valence-electron chi connectivity index (χ0n) is 22.4. The van der Waals surface area contributed by atoms with E-state index < -0.39 is 0 Å². The van der Waals surface area contributed by atoms with Crippen molar-refractivity contribution in [2.45, 2.75) is 124 Å².